The number of hydrazone groups is 2. The Kier molecular flexibility index (Phi) is 11.8. The molecule has 0 saturated heterocycles. The second kappa shape index (κ2) is 16.3. The van der Waals surface area contributed by atoms with Gasteiger partial charge in [0.2, 0.25) is 11.8 Å². The lowest BCUT2D eigenvalue weighted by atomic mass is 10.1. The molecule has 0 aliphatic rings. The lowest BCUT2D eigenvalue weighted by molar-refractivity contribution is -0.118. The summed E-state index contributed by atoms with van der Waals surface area (Å²) in [6, 6.07) is 27.5. The van der Waals surface area contributed by atoms with Gasteiger partial charge in [-0.25, -0.2) is 20.4 Å². The second-order valence-corrected chi connectivity index (χ2v) is 10.7. The maximum absolute atomic E-state index is 12.2. The fraction of sp³-hybridized carbons (Fsp3) is 0.118. The number of nitrogens with one attached hydrogen (secondary N) is 2. The van der Waals surface area contributed by atoms with Crippen molar-refractivity contribution in [3.05, 3.63) is 130 Å². The van der Waals surface area contributed by atoms with Gasteiger partial charge in [0.15, 0.2) is 0 Å². The van der Waals surface area contributed by atoms with Crippen LogP contribution in [-0.4, -0.2) is 47.7 Å². The van der Waals surface area contributed by atoms with Gasteiger partial charge in [0.1, 0.15) is 11.5 Å². The molecule has 0 radical (unpaired) electrons. The van der Waals surface area contributed by atoms with E-state index in [0.717, 1.165) is 22.9 Å². The lowest BCUT2D eigenvalue weighted by Gasteiger charge is -2.05. The van der Waals surface area contributed by atoms with E-state index in [-0.39, 0.29) is 23.3 Å². The first-order chi connectivity index (χ1) is 21.7. The Bertz CT molecular complexity index is 1560. The fourth-order valence-electron chi connectivity index (χ4n) is 3.61. The van der Waals surface area contributed by atoms with Crippen molar-refractivity contribution in [3.8, 4) is 11.5 Å². The number of benzene rings is 4. The van der Waals surface area contributed by atoms with E-state index in [9.17, 15) is 19.2 Å². The Balaban J connectivity index is 1.10. The quantitative estimate of drug-likeness (QED) is 0.0974. The van der Waals surface area contributed by atoms with E-state index in [0.29, 0.717) is 33.8 Å². The maximum atomic E-state index is 12.2. The Morgan fingerprint density at radius 1 is 0.578 bits per heavy atom. The van der Waals surface area contributed by atoms with E-state index in [1.807, 2.05) is 38.1 Å². The second-order valence-electron chi connectivity index (χ2n) is 9.73. The average molecular weight is 623 g/mol. The summed E-state index contributed by atoms with van der Waals surface area (Å²) in [6.45, 7) is 3.88. The van der Waals surface area contributed by atoms with Gasteiger partial charge in [-0.2, -0.15) is 10.2 Å². The highest BCUT2D eigenvalue weighted by Crippen LogP contribution is 2.15. The standard InChI is InChI=1S/C34H30N4O6S/c1-23-3-11-27(12-4-23)33(41)43-29-15-7-25(8-16-29)19-35-37-31(39)21-45-22-32(40)38-36-20-26-9-17-30(18-10-26)44-34(42)28-13-5-24(2)6-14-28/h3-20H,21-22H2,1-2H3,(H,37,39)(H,38,40). The summed E-state index contributed by atoms with van der Waals surface area (Å²) >= 11 is 1.11. The molecule has 4 aromatic carbocycles. The van der Waals surface area contributed by atoms with Crippen molar-refractivity contribution >= 4 is 47.9 Å². The molecule has 0 aliphatic heterocycles. The molecular formula is C34H30N4O6S. The van der Waals surface area contributed by atoms with Crippen LogP contribution < -0.4 is 20.3 Å². The first-order valence-electron chi connectivity index (χ1n) is 13.7. The summed E-state index contributed by atoms with van der Waals surface area (Å²) in [7, 11) is 0. The highest BCUT2D eigenvalue weighted by molar-refractivity contribution is 8.00. The molecule has 45 heavy (non-hydrogen) atoms. The molecule has 10 nitrogen and oxygen atoms in total. The van der Waals surface area contributed by atoms with E-state index in [1.54, 1.807) is 72.8 Å². The highest BCUT2D eigenvalue weighted by Gasteiger charge is 2.09. The van der Waals surface area contributed by atoms with E-state index >= 15 is 0 Å². The number of esters is 2. The number of nitrogens with zero attached hydrogens (tertiary/aromatic N) is 2. The van der Waals surface area contributed by atoms with Crippen LogP contribution in [0.4, 0.5) is 0 Å². The molecule has 0 fully saturated rings. The first-order valence-corrected chi connectivity index (χ1v) is 14.9. The van der Waals surface area contributed by atoms with Crippen LogP contribution in [0, 0.1) is 13.8 Å². The van der Waals surface area contributed by atoms with Crippen molar-refractivity contribution in [2.24, 2.45) is 10.2 Å². The zero-order valence-corrected chi connectivity index (χ0v) is 25.4. The summed E-state index contributed by atoms with van der Waals surface area (Å²) in [5.74, 6) is -0.848. The SMILES string of the molecule is Cc1ccc(C(=O)Oc2ccc(C=NNC(=O)CSCC(=O)NN=Cc3ccc(OC(=O)c4ccc(C)cc4)cc3)cc2)cc1. The molecule has 0 bridgehead atoms. The topological polar surface area (TPSA) is 136 Å². The smallest absolute Gasteiger partial charge is 0.343 e. The summed E-state index contributed by atoms with van der Waals surface area (Å²) < 4.78 is 10.7. The number of amides is 2. The van der Waals surface area contributed by atoms with Crippen molar-refractivity contribution < 1.29 is 28.7 Å². The normalized spacial score (nSPS) is 10.9. The number of carbonyl (C=O) groups is 4. The molecule has 11 heteroatoms. The summed E-state index contributed by atoms with van der Waals surface area (Å²) in [4.78, 5) is 48.5. The molecule has 2 N–H and O–H groups in total. The van der Waals surface area contributed by atoms with Crippen LogP contribution in [-0.2, 0) is 9.59 Å². The first kappa shape index (κ1) is 32.4. The minimum Gasteiger partial charge on any atom is -0.423 e. The Hall–Kier alpha value is -5.55. The van der Waals surface area contributed by atoms with Crippen LogP contribution in [0.25, 0.3) is 0 Å². The molecule has 4 aromatic rings. The van der Waals surface area contributed by atoms with E-state index in [2.05, 4.69) is 21.1 Å². The van der Waals surface area contributed by atoms with Crippen molar-refractivity contribution in [2.45, 2.75) is 13.8 Å². The van der Waals surface area contributed by atoms with E-state index in [4.69, 9.17) is 9.47 Å². The van der Waals surface area contributed by atoms with Crippen LogP contribution in [0.3, 0.4) is 0 Å². The third kappa shape index (κ3) is 10.9. The maximum Gasteiger partial charge on any atom is 0.343 e. The van der Waals surface area contributed by atoms with Gasteiger partial charge < -0.3 is 9.47 Å². The van der Waals surface area contributed by atoms with Crippen molar-refractivity contribution in [1.29, 1.82) is 0 Å². The van der Waals surface area contributed by atoms with Crippen LogP contribution >= 0.6 is 11.8 Å². The van der Waals surface area contributed by atoms with Gasteiger partial charge in [0, 0.05) is 0 Å². The van der Waals surface area contributed by atoms with Gasteiger partial charge >= 0.3 is 11.9 Å². The van der Waals surface area contributed by atoms with E-state index in [1.165, 1.54) is 12.4 Å². The lowest BCUT2D eigenvalue weighted by Crippen LogP contribution is -2.23. The van der Waals surface area contributed by atoms with E-state index < -0.39 is 11.9 Å². The van der Waals surface area contributed by atoms with Gasteiger partial charge in [0.25, 0.3) is 0 Å². The average Bonchev–Trinajstić information content (AvgIpc) is 3.03. The largest absolute Gasteiger partial charge is 0.423 e. The van der Waals surface area contributed by atoms with Crippen LogP contribution in [0.15, 0.2) is 107 Å². The number of hydrogen-bond donors (Lipinski definition) is 2. The fourth-order valence-corrected chi connectivity index (χ4v) is 4.22. The van der Waals surface area contributed by atoms with Gasteiger partial charge in [-0.3, -0.25) is 9.59 Å². The molecule has 2 amide bonds. The highest BCUT2D eigenvalue weighted by atomic mass is 32.2. The zero-order valence-electron chi connectivity index (χ0n) is 24.6. The van der Waals surface area contributed by atoms with Crippen LogP contribution in [0.5, 0.6) is 11.5 Å². The third-order valence-electron chi connectivity index (χ3n) is 6.03. The molecule has 0 atom stereocenters. The Morgan fingerprint density at radius 3 is 1.29 bits per heavy atom. The Morgan fingerprint density at radius 2 is 0.933 bits per heavy atom. The molecule has 0 spiro atoms. The number of rotatable bonds is 12. The third-order valence-corrected chi connectivity index (χ3v) is 6.96. The minimum absolute atomic E-state index is 0.0190. The molecule has 0 saturated carbocycles. The van der Waals surface area contributed by atoms with Crippen LogP contribution in [0.1, 0.15) is 43.0 Å². The summed E-state index contributed by atoms with van der Waals surface area (Å²) in [6.07, 6.45) is 2.91. The number of hydrogen-bond acceptors (Lipinski definition) is 9. The Labute approximate surface area is 264 Å². The molecule has 0 aliphatic carbocycles. The summed E-state index contributed by atoms with van der Waals surface area (Å²) in [5.41, 5.74) is 9.20. The van der Waals surface area contributed by atoms with Crippen molar-refractivity contribution in [3.63, 3.8) is 0 Å². The monoisotopic (exact) mass is 622 g/mol. The number of ether oxygens (including phenoxy) is 2. The van der Waals surface area contributed by atoms with Crippen molar-refractivity contribution in [2.75, 3.05) is 11.5 Å². The molecule has 0 unspecified atom stereocenters. The van der Waals surface area contributed by atoms with Gasteiger partial charge in [-0.05, 0) is 97.8 Å². The van der Waals surface area contributed by atoms with Crippen LogP contribution in [0.2, 0.25) is 0 Å². The van der Waals surface area contributed by atoms with Gasteiger partial charge in [-0.1, -0.05) is 35.4 Å². The number of carbonyl (C=O) groups excluding carboxylic acids is 4. The minimum atomic E-state index is -0.452. The molecule has 0 aromatic heterocycles. The van der Waals surface area contributed by atoms with Gasteiger partial charge in [0.05, 0.1) is 35.1 Å². The molecule has 0 heterocycles. The molecule has 228 valence electrons. The van der Waals surface area contributed by atoms with Crippen molar-refractivity contribution in [1.82, 2.24) is 10.9 Å². The van der Waals surface area contributed by atoms with Gasteiger partial charge in [-0.15, -0.1) is 11.8 Å². The summed E-state index contributed by atoms with van der Waals surface area (Å²) in [5, 5.41) is 7.82. The predicted octanol–water partition coefficient (Wildman–Crippen LogP) is 5.08. The number of aryl methyl sites for hydroxylation is 2. The number of thioether (sulfide) groups is 1. The zero-order chi connectivity index (χ0) is 32.0. The predicted molar refractivity (Wildman–Crippen MR) is 174 cm³/mol. The molecule has 4 rings (SSSR count). The molecular weight excluding hydrogens is 592 g/mol.